The van der Waals surface area contributed by atoms with Crippen molar-refractivity contribution in [1.29, 1.82) is 0 Å². The first-order chi connectivity index (χ1) is 13.1. The Balaban J connectivity index is 1.91. The number of benzene rings is 2. The Morgan fingerprint density at radius 3 is 2.59 bits per heavy atom. The van der Waals surface area contributed by atoms with Crippen LogP contribution in [-0.2, 0) is 4.74 Å². The molecule has 0 spiro atoms. The Labute approximate surface area is 168 Å². The minimum atomic E-state index is -0.587. The maximum absolute atomic E-state index is 12.6. The van der Waals surface area contributed by atoms with Crippen molar-refractivity contribution < 1.29 is 14.3 Å². The third kappa shape index (κ3) is 4.93. The molecule has 1 aromatic heterocycles. The van der Waals surface area contributed by atoms with E-state index in [1.165, 1.54) is 11.3 Å². The molecule has 138 valence electrons. The lowest BCUT2D eigenvalue weighted by molar-refractivity contribution is 0.102. The van der Waals surface area contributed by atoms with Gasteiger partial charge in [0.05, 0.1) is 6.61 Å². The van der Waals surface area contributed by atoms with Crippen LogP contribution in [-0.4, -0.2) is 23.6 Å². The van der Waals surface area contributed by atoms with Gasteiger partial charge in [0.2, 0.25) is 0 Å². The monoisotopic (exact) mass is 445 g/mol. The Hall–Kier alpha value is -2.71. The molecular weight excluding hydrogens is 430 g/mol. The summed E-state index contributed by atoms with van der Waals surface area (Å²) in [6.45, 7) is 1.98. The summed E-state index contributed by atoms with van der Waals surface area (Å²) in [6.07, 6.45) is -0.587. The normalized spacial score (nSPS) is 10.3. The van der Waals surface area contributed by atoms with Crippen LogP contribution in [0, 0.1) is 0 Å². The number of carbonyl (C=O) groups excluding carboxylic acids is 2. The van der Waals surface area contributed by atoms with Crippen LogP contribution in [0.3, 0.4) is 0 Å². The number of nitrogens with zero attached hydrogens (tertiary/aromatic N) is 1. The van der Waals surface area contributed by atoms with Crippen molar-refractivity contribution >= 4 is 49.4 Å². The van der Waals surface area contributed by atoms with Crippen LogP contribution < -0.4 is 10.6 Å². The largest absolute Gasteiger partial charge is 0.450 e. The van der Waals surface area contributed by atoms with E-state index in [0.29, 0.717) is 21.4 Å². The minimum Gasteiger partial charge on any atom is -0.450 e. The van der Waals surface area contributed by atoms with Crippen molar-refractivity contribution in [2.75, 3.05) is 17.2 Å². The van der Waals surface area contributed by atoms with E-state index in [-0.39, 0.29) is 12.5 Å². The van der Waals surface area contributed by atoms with Gasteiger partial charge < -0.3 is 10.1 Å². The average molecular weight is 446 g/mol. The fourth-order valence-electron chi connectivity index (χ4n) is 2.31. The van der Waals surface area contributed by atoms with Gasteiger partial charge in [-0.15, -0.1) is 0 Å². The van der Waals surface area contributed by atoms with Gasteiger partial charge in [0, 0.05) is 15.6 Å². The summed E-state index contributed by atoms with van der Waals surface area (Å²) >= 11 is 4.53. The highest BCUT2D eigenvalue weighted by atomic mass is 79.9. The Morgan fingerprint density at radius 1 is 1.11 bits per heavy atom. The van der Waals surface area contributed by atoms with Crippen molar-refractivity contribution in [3.63, 3.8) is 0 Å². The number of amides is 2. The molecular formula is C19H16BrN3O3S. The number of ether oxygens (including phenoxy) is 1. The topological polar surface area (TPSA) is 80.3 Å². The van der Waals surface area contributed by atoms with Crippen molar-refractivity contribution in [3.05, 3.63) is 64.6 Å². The molecule has 0 bridgehead atoms. The van der Waals surface area contributed by atoms with Crippen LogP contribution in [0.4, 0.5) is 14.9 Å². The molecule has 0 aliphatic rings. The molecule has 3 aromatic rings. The van der Waals surface area contributed by atoms with E-state index in [1.807, 2.05) is 36.4 Å². The van der Waals surface area contributed by atoms with E-state index in [4.69, 9.17) is 4.74 Å². The molecule has 0 saturated heterocycles. The van der Waals surface area contributed by atoms with Gasteiger partial charge in [0.1, 0.15) is 10.7 Å². The maximum Gasteiger partial charge on any atom is 0.413 e. The molecule has 1 heterocycles. The summed E-state index contributed by atoms with van der Waals surface area (Å²) in [5.74, 6) is -0.264. The van der Waals surface area contributed by atoms with Gasteiger partial charge in [-0.3, -0.25) is 10.1 Å². The summed E-state index contributed by atoms with van der Waals surface area (Å²) in [6, 6.07) is 16.5. The number of aromatic nitrogens is 1. The fraction of sp³-hybridized carbons (Fsp3) is 0.105. The summed E-state index contributed by atoms with van der Waals surface area (Å²) in [5.41, 5.74) is 1.92. The van der Waals surface area contributed by atoms with Gasteiger partial charge in [-0.05, 0) is 25.1 Å². The van der Waals surface area contributed by atoms with Gasteiger partial charge in [-0.2, -0.15) is 0 Å². The maximum atomic E-state index is 12.6. The van der Waals surface area contributed by atoms with Gasteiger partial charge in [0.15, 0.2) is 5.13 Å². The zero-order valence-electron chi connectivity index (χ0n) is 14.4. The molecule has 6 nitrogen and oxygen atoms in total. The molecule has 0 atom stereocenters. The quantitative estimate of drug-likeness (QED) is 0.551. The van der Waals surface area contributed by atoms with E-state index in [9.17, 15) is 9.59 Å². The first-order valence-corrected chi connectivity index (χ1v) is 9.74. The van der Waals surface area contributed by atoms with Crippen LogP contribution in [0.1, 0.15) is 17.3 Å². The molecule has 0 unspecified atom stereocenters. The van der Waals surface area contributed by atoms with Gasteiger partial charge in [0.25, 0.3) is 5.91 Å². The highest BCUT2D eigenvalue weighted by Crippen LogP contribution is 2.36. The van der Waals surface area contributed by atoms with Crippen molar-refractivity contribution in [2.24, 2.45) is 0 Å². The summed E-state index contributed by atoms with van der Waals surface area (Å²) < 4.78 is 5.70. The third-order valence-electron chi connectivity index (χ3n) is 3.47. The first kappa shape index (κ1) is 19.1. The summed E-state index contributed by atoms with van der Waals surface area (Å²) in [5, 5.41) is 6.35. The van der Waals surface area contributed by atoms with Crippen molar-refractivity contribution in [2.45, 2.75) is 6.92 Å². The molecule has 2 aromatic carbocycles. The lowest BCUT2D eigenvalue weighted by Crippen LogP contribution is -2.12. The van der Waals surface area contributed by atoms with Gasteiger partial charge in [-0.1, -0.05) is 63.7 Å². The Bertz CT molecular complexity index is 960. The Morgan fingerprint density at radius 2 is 1.89 bits per heavy atom. The predicted octanol–water partition coefficient (Wildman–Crippen LogP) is 5.39. The number of anilines is 2. The number of halogens is 1. The molecule has 0 aliphatic carbocycles. The molecule has 2 amide bonds. The number of hydrogen-bond acceptors (Lipinski definition) is 5. The Kier molecular flexibility index (Phi) is 6.20. The van der Waals surface area contributed by atoms with Crippen LogP contribution in [0.25, 0.3) is 11.3 Å². The average Bonchev–Trinajstić information content (AvgIpc) is 3.04. The van der Waals surface area contributed by atoms with Crippen LogP contribution >= 0.6 is 27.3 Å². The molecule has 27 heavy (non-hydrogen) atoms. The highest BCUT2D eigenvalue weighted by molar-refractivity contribution is 9.10. The summed E-state index contributed by atoms with van der Waals surface area (Å²) in [4.78, 5) is 28.8. The number of hydrogen-bond donors (Lipinski definition) is 2. The van der Waals surface area contributed by atoms with Gasteiger partial charge in [-0.25, -0.2) is 9.78 Å². The van der Waals surface area contributed by atoms with E-state index in [2.05, 4.69) is 31.5 Å². The standard InChI is InChI=1S/C19H16BrN3O3S/c1-2-26-19(25)23-18-21-15(12-7-4-3-5-8-12)17(27-18)22-16(24)13-9-6-10-14(20)11-13/h3-11H,2H2,1H3,(H,22,24)(H,21,23,25). The molecule has 0 saturated carbocycles. The molecule has 0 fully saturated rings. The second-order valence-corrected chi connectivity index (χ2v) is 7.29. The van der Waals surface area contributed by atoms with Crippen molar-refractivity contribution in [3.8, 4) is 11.3 Å². The number of carbonyl (C=O) groups is 2. The number of thiazole rings is 1. The van der Waals surface area contributed by atoms with Gasteiger partial charge >= 0.3 is 6.09 Å². The molecule has 3 rings (SSSR count). The van der Waals surface area contributed by atoms with E-state index >= 15 is 0 Å². The lowest BCUT2D eigenvalue weighted by atomic mass is 10.1. The highest BCUT2D eigenvalue weighted by Gasteiger charge is 2.18. The number of nitrogens with one attached hydrogen (secondary N) is 2. The zero-order valence-corrected chi connectivity index (χ0v) is 16.8. The van der Waals surface area contributed by atoms with Crippen molar-refractivity contribution in [1.82, 2.24) is 4.98 Å². The molecule has 0 radical (unpaired) electrons. The minimum absolute atomic E-state index is 0.259. The third-order valence-corrected chi connectivity index (χ3v) is 4.85. The molecule has 2 N–H and O–H groups in total. The smallest absolute Gasteiger partial charge is 0.413 e. The SMILES string of the molecule is CCOC(=O)Nc1nc(-c2ccccc2)c(NC(=O)c2cccc(Br)c2)s1. The second kappa shape index (κ2) is 8.79. The molecule has 0 aliphatic heterocycles. The van der Waals surface area contributed by atoms with Crippen LogP contribution in [0.5, 0.6) is 0 Å². The molecule has 8 heteroatoms. The lowest BCUT2D eigenvalue weighted by Gasteiger charge is -2.05. The van der Waals surface area contributed by atoms with Crippen LogP contribution in [0.15, 0.2) is 59.1 Å². The van der Waals surface area contributed by atoms with Crippen LogP contribution in [0.2, 0.25) is 0 Å². The zero-order chi connectivity index (χ0) is 19.2. The second-order valence-electron chi connectivity index (χ2n) is 5.37. The predicted molar refractivity (Wildman–Crippen MR) is 110 cm³/mol. The van der Waals surface area contributed by atoms with E-state index < -0.39 is 6.09 Å². The first-order valence-electron chi connectivity index (χ1n) is 8.13. The number of rotatable bonds is 5. The van der Waals surface area contributed by atoms with E-state index in [0.717, 1.165) is 10.0 Å². The fourth-order valence-corrected chi connectivity index (χ4v) is 3.58. The summed E-state index contributed by atoms with van der Waals surface area (Å²) in [7, 11) is 0. The van der Waals surface area contributed by atoms with E-state index in [1.54, 1.807) is 25.1 Å².